The summed E-state index contributed by atoms with van der Waals surface area (Å²) in [4.78, 5) is 11.1. The van der Waals surface area contributed by atoms with Crippen molar-refractivity contribution >= 4 is 23.2 Å². The van der Waals surface area contributed by atoms with E-state index in [1.165, 1.54) is 0 Å². The van der Waals surface area contributed by atoms with Crippen molar-refractivity contribution < 1.29 is 4.74 Å². The minimum Gasteiger partial charge on any atom is -0.370 e. The van der Waals surface area contributed by atoms with Gasteiger partial charge >= 0.3 is 0 Å². The van der Waals surface area contributed by atoms with Crippen LogP contribution in [0.4, 0.5) is 5.82 Å². The van der Waals surface area contributed by atoms with E-state index in [9.17, 15) is 0 Å². The normalized spacial score (nSPS) is 18.0. The smallest absolute Gasteiger partial charge is 0.254 e. The topological polar surface area (TPSA) is 55.6 Å². The number of halogens is 1. The largest absolute Gasteiger partial charge is 0.370 e. The molecule has 1 atom stereocenters. The van der Waals surface area contributed by atoms with Crippen molar-refractivity contribution in [2.24, 2.45) is 0 Å². The second kappa shape index (κ2) is 6.98. The molecule has 1 saturated heterocycles. The molecule has 0 spiro atoms. The summed E-state index contributed by atoms with van der Waals surface area (Å²) in [6, 6.07) is 9.98. The summed E-state index contributed by atoms with van der Waals surface area (Å²) >= 11 is 6.14. The van der Waals surface area contributed by atoms with Gasteiger partial charge in [0.1, 0.15) is 18.2 Å². The number of morpholine rings is 1. The van der Waals surface area contributed by atoms with Crippen molar-refractivity contribution in [1.29, 1.82) is 0 Å². The molecular weight excluding hydrogens is 338 g/mol. The molecule has 7 heteroatoms. The number of aryl methyl sites for hydroxylation is 1. The van der Waals surface area contributed by atoms with Gasteiger partial charge in [0.05, 0.1) is 6.61 Å². The van der Waals surface area contributed by atoms with E-state index in [-0.39, 0.29) is 6.10 Å². The molecule has 0 bridgehead atoms. The fourth-order valence-corrected chi connectivity index (χ4v) is 3.42. The summed E-state index contributed by atoms with van der Waals surface area (Å²) in [6.07, 6.45) is 3.51. The lowest BCUT2D eigenvalue weighted by molar-refractivity contribution is 0.0394. The molecule has 1 aliphatic heterocycles. The molecule has 0 amide bonds. The van der Waals surface area contributed by atoms with Gasteiger partial charge in [-0.05, 0) is 24.1 Å². The molecule has 3 heterocycles. The average Bonchev–Trinajstić information content (AvgIpc) is 3.10. The van der Waals surface area contributed by atoms with Crippen molar-refractivity contribution in [3.05, 3.63) is 52.9 Å². The molecule has 6 nitrogen and oxygen atoms in total. The van der Waals surface area contributed by atoms with Gasteiger partial charge in [-0.2, -0.15) is 14.6 Å². The molecule has 1 fully saturated rings. The zero-order valence-electron chi connectivity index (χ0n) is 14.1. The SMILES string of the molecule is CCCc1cc(N2CCO[C@@H](c3cccc(Cl)c3)C2)n2ncnc2n1. The van der Waals surface area contributed by atoms with E-state index in [2.05, 4.69) is 39.0 Å². The van der Waals surface area contributed by atoms with Crippen molar-refractivity contribution in [1.82, 2.24) is 19.6 Å². The Kier molecular flexibility index (Phi) is 4.55. The maximum Gasteiger partial charge on any atom is 0.254 e. The second-order valence-electron chi connectivity index (χ2n) is 6.19. The van der Waals surface area contributed by atoms with Crippen LogP contribution in [-0.4, -0.2) is 39.3 Å². The number of hydrogen-bond acceptors (Lipinski definition) is 5. The third-order valence-electron chi connectivity index (χ3n) is 4.40. The predicted molar refractivity (Wildman–Crippen MR) is 97.1 cm³/mol. The number of hydrogen-bond donors (Lipinski definition) is 0. The molecule has 25 heavy (non-hydrogen) atoms. The summed E-state index contributed by atoms with van der Waals surface area (Å²) in [6.45, 7) is 4.35. The van der Waals surface area contributed by atoms with Crippen molar-refractivity contribution in [2.45, 2.75) is 25.9 Å². The number of rotatable bonds is 4. The van der Waals surface area contributed by atoms with E-state index in [0.717, 1.165) is 48.0 Å². The Hall–Kier alpha value is -2.18. The fraction of sp³-hybridized carbons (Fsp3) is 0.389. The third-order valence-corrected chi connectivity index (χ3v) is 4.64. The molecule has 130 valence electrons. The Balaban J connectivity index is 1.67. The van der Waals surface area contributed by atoms with E-state index < -0.39 is 0 Å². The molecule has 3 aromatic rings. The first-order valence-electron chi connectivity index (χ1n) is 8.56. The van der Waals surface area contributed by atoms with Gasteiger partial charge in [0, 0.05) is 29.9 Å². The molecule has 1 aliphatic rings. The van der Waals surface area contributed by atoms with Crippen LogP contribution in [0, 0.1) is 0 Å². The number of anilines is 1. The predicted octanol–water partition coefficient (Wildman–Crippen LogP) is 3.31. The van der Waals surface area contributed by atoms with Gasteiger partial charge in [-0.25, -0.2) is 4.98 Å². The summed E-state index contributed by atoms with van der Waals surface area (Å²) in [5.74, 6) is 1.66. The van der Waals surface area contributed by atoms with E-state index in [4.69, 9.17) is 16.3 Å². The highest BCUT2D eigenvalue weighted by Gasteiger charge is 2.24. The van der Waals surface area contributed by atoms with Crippen LogP contribution < -0.4 is 4.90 Å². The van der Waals surface area contributed by atoms with E-state index in [1.807, 2.05) is 18.2 Å². The van der Waals surface area contributed by atoms with Crippen LogP contribution in [0.5, 0.6) is 0 Å². The number of ether oxygens (including phenoxy) is 1. The van der Waals surface area contributed by atoms with Crippen LogP contribution in [0.25, 0.3) is 5.78 Å². The lowest BCUT2D eigenvalue weighted by Gasteiger charge is -2.34. The molecule has 0 aliphatic carbocycles. The number of aromatic nitrogens is 4. The molecular formula is C18H20ClN5O. The summed E-state index contributed by atoms with van der Waals surface area (Å²) in [5, 5.41) is 5.07. The second-order valence-corrected chi connectivity index (χ2v) is 6.62. The highest BCUT2D eigenvalue weighted by molar-refractivity contribution is 6.30. The highest BCUT2D eigenvalue weighted by Crippen LogP contribution is 2.28. The first-order chi connectivity index (χ1) is 12.2. The van der Waals surface area contributed by atoms with Crippen molar-refractivity contribution in [3.8, 4) is 0 Å². The van der Waals surface area contributed by atoms with E-state index in [0.29, 0.717) is 12.4 Å². The van der Waals surface area contributed by atoms with Gasteiger partial charge < -0.3 is 9.64 Å². The Morgan fingerprint density at radius 1 is 1.32 bits per heavy atom. The standard InChI is InChI=1S/C18H20ClN5O/c1-2-4-15-10-17(24-18(22-15)20-12-21-24)23-7-8-25-16(11-23)13-5-3-6-14(19)9-13/h3,5-6,9-10,12,16H,2,4,7-8,11H2,1H3/t16-/m1/s1. The first-order valence-corrected chi connectivity index (χ1v) is 8.94. The first kappa shape index (κ1) is 16.3. The third kappa shape index (κ3) is 3.32. The molecule has 1 aromatic carbocycles. The average molecular weight is 358 g/mol. The highest BCUT2D eigenvalue weighted by atomic mass is 35.5. The van der Waals surface area contributed by atoms with Crippen LogP contribution in [0.1, 0.15) is 30.7 Å². The Labute approximate surface area is 151 Å². The van der Waals surface area contributed by atoms with Gasteiger partial charge in [-0.3, -0.25) is 0 Å². The van der Waals surface area contributed by atoms with Crippen LogP contribution in [-0.2, 0) is 11.2 Å². The summed E-state index contributed by atoms with van der Waals surface area (Å²) in [7, 11) is 0. The fourth-order valence-electron chi connectivity index (χ4n) is 3.22. The zero-order valence-corrected chi connectivity index (χ0v) is 14.9. The summed E-state index contributed by atoms with van der Waals surface area (Å²) in [5.41, 5.74) is 2.14. The Bertz CT molecular complexity index is 881. The van der Waals surface area contributed by atoms with Crippen molar-refractivity contribution in [2.75, 3.05) is 24.6 Å². The van der Waals surface area contributed by atoms with Crippen molar-refractivity contribution in [3.63, 3.8) is 0 Å². The van der Waals surface area contributed by atoms with Crippen LogP contribution in [0.2, 0.25) is 5.02 Å². The summed E-state index contributed by atoms with van der Waals surface area (Å²) < 4.78 is 7.79. The quantitative estimate of drug-likeness (QED) is 0.717. The monoisotopic (exact) mass is 357 g/mol. The molecule has 2 aromatic heterocycles. The van der Waals surface area contributed by atoms with Crippen LogP contribution in [0.15, 0.2) is 36.7 Å². The Morgan fingerprint density at radius 2 is 2.24 bits per heavy atom. The number of benzene rings is 1. The lowest BCUT2D eigenvalue weighted by atomic mass is 10.1. The number of nitrogens with zero attached hydrogens (tertiary/aromatic N) is 5. The lowest BCUT2D eigenvalue weighted by Crippen LogP contribution is -2.39. The number of fused-ring (bicyclic) bond motifs is 1. The van der Waals surface area contributed by atoms with E-state index in [1.54, 1.807) is 10.8 Å². The Morgan fingerprint density at radius 3 is 3.08 bits per heavy atom. The van der Waals surface area contributed by atoms with Gasteiger partial charge in [0.2, 0.25) is 0 Å². The van der Waals surface area contributed by atoms with Gasteiger partial charge in [-0.15, -0.1) is 0 Å². The minimum atomic E-state index is -0.0196. The molecule has 0 radical (unpaired) electrons. The van der Waals surface area contributed by atoms with Gasteiger partial charge in [0.25, 0.3) is 5.78 Å². The maximum atomic E-state index is 6.14. The molecule has 4 rings (SSSR count). The van der Waals surface area contributed by atoms with Gasteiger partial charge in [0.15, 0.2) is 0 Å². The van der Waals surface area contributed by atoms with E-state index >= 15 is 0 Å². The van der Waals surface area contributed by atoms with Crippen LogP contribution >= 0.6 is 11.6 Å². The molecule has 0 unspecified atom stereocenters. The minimum absolute atomic E-state index is 0.0196. The molecule has 0 N–H and O–H groups in total. The van der Waals surface area contributed by atoms with Gasteiger partial charge in [-0.1, -0.05) is 37.1 Å². The zero-order chi connectivity index (χ0) is 17.2. The molecule has 0 saturated carbocycles. The van der Waals surface area contributed by atoms with Crippen LogP contribution in [0.3, 0.4) is 0 Å². The maximum absolute atomic E-state index is 6.14.